The number of esters is 1. The number of carbonyl (C=O) groups is 3. The highest BCUT2D eigenvalue weighted by atomic mass is 32.1. The van der Waals surface area contributed by atoms with Crippen molar-refractivity contribution in [3.8, 4) is 5.75 Å². The Morgan fingerprint density at radius 2 is 1.88 bits per heavy atom. The first-order chi connectivity index (χ1) is 12.6. The lowest BCUT2D eigenvalue weighted by Gasteiger charge is -2.09. The first kappa shape index (κ1) is 19.5. The summed E-state index contributed by atoms with van der Waals surface area (Å²) in [5.74, 6) is -0.666. The average Bonchev–Trinajstić information content (AvgIpc) is 3.19. The standard InChI is InChI=1S/C18H20N2O5S/c1-24-14-6-3-2-5-13(14)8-9-19-16(21)12-25-17(22)11-20-18(23)15-7-4-10-26-15/h2-7,10H,8-9,11-12H2,1H3,(H,19,21)(H,20,23). The Kier molecular flexibility index (Phi) is 7.63. The molecule has 0 saturated carbocycles. The number of hydrogen-bond acceptors (Lipinski definition) is 6. The van der Waals surface area contributed by atoms with Crippen LogP contribution in [0.25, 0.3) is 0 Å². The maximum Gasteiger partial charge on any atom is 0.325 e. The van der Waals surface area contributed by atoms with Crippen molar-refractivity contribution in [2.75, 3.05) is 26.8 Å². The molecule has 2 aromatic rings. The zero-order valence-corrected chi connectivity index (χ0v) is 15.1. The molecule has 8 heteroatoms. The van der Waals surface area contributed by atoms with Crippen molar-refractivity contribution in [3.05, 3.63) is 52.2 Å². The van der Waals surface area contributed by atoms with Gasteiger partial charge in [0.05, 0.1) is 12.0 Å². The number of amides is 2. The molecule has 2 amide bonds. The second kappa shape index (κ2) is 10.2. The van der Waals surface area contributed by atoms with Crippen LogP contribution in [0.4, 0.5) is 0 Å². The lowest BCUT2D eigenvalue weighted by molar-refractivity contribution is -0.147. The molecule has 0 aliphatic rings. The van der Waals surface area contributed by atoms with Crippen LogP contribution in [-0.4, -0.2) is 44.6 Å². The quantitative estimate of drug-likeness (QED) is 0.645. The van der Waals surface area contributed by atoms with Crippen LogP contribution in [0.15, 0.2) is 41.8 Å². The summed E-state index contributed by atoms with van der Waals surface area (Å²) in [7, 11) is 1.59. The fraction of sp³-hybridized carbons (Fsp3) is 0.278. The van der Waals surface area contributed by atoms with Gasteiger partial charge < -0.3 is 20.1 Å². The molecule has 0 atom stereocenters. The maximum absolute atomic E-state index is 11.7. The zero-order chi connectivity index (χ0) is 18.8. The van der Waals surface area contributed by atoms with Crippen LogP contribution >= 0.6 is 11.3 Å². The number of benzene rings is 1. The number of para-hydroxylation sites is 1. The Morgan fingerprint density at radius 3 is 2.62 bits per heavy atom. The average molecular weight is 376 g/mol. The van der Waals surface area contributed by atoms with Gasteiger partial charge in [-0.15, -0.1) is 11.3 Å². The van der Waals surface area contributed by atoms with E-state index in [-0.39, 0.29) is 19.1 Å². The second-order valence-corrected chi connectivity index (χ2v) is 6.18. The summed E-state index contributed by atoms with van der Waals surface area (Å²) in [4.78, 5) is 35.5. The van der Waals surface area contributed by atoms with Crippen molar-refractivity contribution >= 4 is 29.1 Å². The molecule has 0 spiro atoms. The molecule has 0 saturated heterocycles. The van der Waals surface area contributed by atoms with Crippen LogP contribution in [0.2, 0.25) is 0 Å². The predicted molar refractivity (Wildman–Crippen MR) is 97.3 cm³/mol. The molecule has 1 aromatic carbocycles. The number of ether oxygens (including phenoxy) is 2. The number of methoxy groups -OCH3 is 1. The van der Waals surface area contributed by atoms with E-state index >= 15 is 0 Å². The summed E-state index contributed by atoms with van der Waals surface area (Å²) in [6, 6.07) is 10.9. The second-order valence-electron chi connectivity index (χ2n) is 5.23. The van der Waals surface area contributed by atoms with E-state index in [1.807, 2.05) is 24.3 Å². The largest absolute Gasteiger partial charge is 0.496 e. The Labute approximate surface area is 155 Å². The minimum Gasteiger partial charge on any atom is -0.496 e. The van der Waals surface area contributed by atoms with Crippen LogP contribution in [0.1, 0.15) is 15.2 Å². The highest BCUT2D eigenvalue weighted by molar-refractivity contribution is 7.12. The van der Waals surface area contributed by atoms with E-state index in [2.05, 4.69) is 10.6 Å². The van der Waals surface area contributed by atoms with Gasteiger partial charge in [-0.2, -0.15) is 0 Å². The fourth-order valence-corrected chi connectivity index (χ4v) is 2.78. The van der Waals surface area contributed by atoms with E-state index in [0.717, 1.165) is 11.3 Å². The summed E-state index contributed by atoms with van der Waals surface area (Å²) in [6.07, 6.45) is 0.598. The van der Waals surface area contributed by atoms with Crippen LogP contribution in [0, 0.1) is 0 Å². The molecule has 0 fully saturated rings. The molecule has 138 valence electrons. The van der Waals surface area contributed by atoms with Gasteiger partial charge in [-0.3, -0.25) is 14.4 Å². The Hall–Kier alpha value is -2.87. The lowest BCUT2D eigenvalue weighted by atomic mass is 10.1. The minimum atomic E-state index is -0.671. The molecule has 0 aliphatic carbocycles. The minimum absolute atomic E-state index is 0.286. The van der Waals surface area contributed by atoms with E-state index in [0.29, 0.717) is 17.8 Å². The molecule has 2 N–H and O–H groups in total. The topological polar surface area (TPSA) is 93.7 Å². The first-order valence-corrected chi connectivity index (χ1v) is 8.84. The van der Waals surface area contributed by atoms with Crippen LogP contribution in [-0.2, 0) is 20.7 Å². The van der Waals surface area contributed by atoms with Gasteiger partial charge in [-0.1, -0.05) is 24.3 Å². The molecular weight excluding hydrogens is 356 g/mol. The fourth-order valence-electron chi connectivity index (χ4n) is 2.14. The number of hydrogen-bond donors (Lipinski definition) is 2. The van der Waals surface area contributed by atoms with E-state index in [4.69, 9.17) is 9.47 Å². The van der Waals surface area contributed by atoms with Crippen LogP contribution in [0.3, 0.4) is 0 Å². The molecule has 0 radical (unpaired) electrons. The van der Waals surface area contributed by atoms with Gasteiger partial charge in [-0.25, -0.2) is 0 Å². The van der Waals surface area contributed by atoms with Crippen molar-refractivity contribution in [1.29, 1.82) is 0 Å². The molecule has 2 rings (SSSR count). The first-order valence-electron chi connectivity index (χ1n) is 7.96. The molecule has 1 heterocycles. The van der Waals surface area contributed by atoms with Gasteiger partial charge in [0, 0.05) is 6.54 Å². The molecule has 1 aromatic heterocycles. The van der Waals surface area contributed by atoms with Crippen molar-refractivity contribution in [2.45, 2.75) is 6.42 Å². The molecule has 0 bridgehead atoms. The monoisotopic (exact) mass is 376 g/mol. The van der Waals surface area contributed by atoms with Crippen molar-refractivity contribution in [3.63, 3.8) is 0 Å². The van der Waals surface area contributed by atoms with Gasteiger partial charge in [0.25, 0.3) is 11.8 Å². The highest BCUT2D eigenvalue weighted by Crippen LogP contribution is 2.17. The Balaban J connectivity index is 1.62. The van der Waals surface area contributed by atoms with E-state index in [9.17, 15) is 14.4 Å². The molecule has 7 nitrogen and oxygen atoms in total. The highest BCUT2D eigenvalue weighted by Gasteiger charge is 2.11. The number of thiophene rings is 1. The Bertz CT molecular complexity index is 746. The Morgan fingerprint density at radius 1 is 1.08 bits per heavy atom. The molecule has 0 aliphatic heterocycles. The van der Waals surface area contributed by atoms with Crippen molar-refractivity contribution in [1.82, 2.24) is 10.6 Å². The molecule has 0 unspecified atom stereocenters. The number of nitrogens with one attached hydrogen (secondary N) is 2. The summed E-state index contributed by atoms with van der Waals surface area (Å²) in [6.45, 7) is -0.281. The van der Waals surface area contributed by atoms with Gasteiger partial charge in [0.2, 0.25) is 0 Å². The zero-order valence-electron chi connectivity index (χ0n) is 14.3. The summed E-state index contributed by atoms with van der Waals surface area (Å²) < 4.78 is 10.1. The van der Waals surface area contributed by atoms with Crippen molar-refractivity contribution < 1.29 is 23.9 Å². The van der Waals surface area contributed by atoms with Gasteiger partial charge in [0.15, 0.2) is 6.61 Å². The summed E-state index contributed by atoms with van der Waals surface area (Å²) in [5, 5.41) is 6.87. The predicted octanol–water partition coefficient (Wildman–Crippen LogP) is 1.39. The summed E-state index contributed by atoms with van der Waals surface area (Å²) >= 11 is 1.27. The van der Waals surface area contributed by atoms with Crippen LogP contribution < -0.4 is 15.4 Å². The van der Waals surface area contributed by atoms with Crippen LogP contribution in [0.5, 0.6) is 5.75 Å². The van der Waals surface area contributed by atoms with Gasteiger partial charge >= 0.3 is 5.97 Å². The van der Waals surface area contributed by atoms with E-state index in [1.165, 1.54) is 11.3 Å². The lowest BCUT2D eigenvalue weighted by Crippen LogP contribution is -2.34. The van der Waals surface area contributed by atoms with Crippen molar-refractivity contribution in [2.24, 2.45) is 0 Å². The third-order valence-corrected chi connectivity index (χ3v) is 4.28. The normalized spacial score (nSPS) is 10.0. The number of rotatable bonds is 9. The smallest absolute Gasteiger partial charge is 0.325 e. The van der Waals surface area contributed by atoms with E-state index < -0.39 is 11.9 Å². The maximum atomic E-state index is 11.7. The molecular formula is C18H20N2O5S. The van der Waals surface area contributed by atoms with Gasteiger partial charge in [0.1, 0.15) is 12.3 Å². The third-order valence-electron chi connectivity index (χ3n) is 3.41. The summed E-state index contributed by atoms with van der Waals surface area (Å²) in [5.41, 5.74) is 0.976. The third kappa shape index (κ3) is 6.21. The van der Waals surface area contributed by atoms with E-state index in [1.54, 1.807) is 24.6 Å². The number of carbonyl (C=O) groups excluding carboxylic acids is 3. The van der Waals surface area contributed by atoms with Gasteiger partial charge in [-0.05, 0) is 29.5 Å². The SMILES string of the molecule is COc1ccccc1CCNC(=O)COC(=O)CNC(=O)c1cccs1. The molecule has 26 heavy (non-hydrogen) atoms.